The van der Waals surface area contributed by atoms with Crippen LogP contribution in [0.3, 0.4) is 0 Å². The largest absolute Gasteiger partial charge is 0.355 e. The SMILES string of the molecule is CCCNC(=O)C1Cc2cn(Cc3ccncc3)c3cccc(c23)C(CC(C)C)N1. The van der Waals surface area contributed by atoms with Crippen LogP contribution in [0.5, 0.6) is 0 Å². The predicted octanol–water partition coefficient (Wildman–Crippen LogP) is 4.21. The second-order valence-electron chi connectivity index (χ2n) is 8.78. The number of hydrogen-bond donors (Lipinski definition) is 2. The molecule has 0 fully saturated rings. The van der Waals surface area contributed by atoms with Gasteiger partial charge in [-0.2, -0.15) is 0 Å². The number of amides is 1. The Morgan fingerprint density at radius 3 is 2.80 bits per heavy atom. The van der Waals surface area contributed by atoms with Gasteiger partial charge in [0, 0.05) is 48.6 Å². The van der Waals surface area contributed by atoms with Crippen LogP contribution in [0.2, 0.25) is 0 Å². The standard InChI is InChI=1S/C25H32N4O/c1-4-10-27-25(30)22-14-19-16-29(15-18-8-11-26-12-9-18)23-7-5-6-20(24(19)23)21(28-22)13-17(2)3/h5-9,11-12,16-17,21-22,28H,4,10,13-15H2,1-3H3,(H,27,30). The van der Waals surface area contributed by atoms with E-state index in [1.165, 1.54) is 27.6 Å². The van der Waals surface area contributed by atoms with Crippen molar-refractivity contribution < 1.29 is 4.79 Å². The van der Waals surface area contributed by atoms with Gasteiger partial charge in [0.15, 0.2) is 0 Å². The van der Waals surface area contributed by atoms with Gasteiger partial charge in [0.1, 0.15) is 0 Å². The van der Waals surface area contributed by atoms with Crippen molar-refractivity contribution in [2.45, 2.75) is 58.7 Å². The molecule has 1 aromatic carbocycles. The van der Waals surface area contributed by atoms with Crippen LogP contribution in [-0.4, -0.2) is 28.0 Å². The minimum atomic E-state index is -0.215. The maximum Gasteiger partial charge on any atom is 0.237 e. The van der Waals surface area contributed by atoms with Crippen LogP contribution >= 0.6 is 0 Å². The van der Waals surface area contributed by atoms with E-state index in [4.69, 9.17) is 0 Å². The summed E-state index contributed by atoms with van der Waals surface area (Å²) in [7, 11) is 0. The summed E-state index contributed by atoms with van der Waals surface area (Å²) in [5.41, 5.74) is 5.04. The van der Waals surface area contributed by atoms with Gasteiger partial charge in [-0.3, -0.25) is 15.1 Å². The van der Waals surface area contributed by atoms with Gasteiger partial charge < -0.3 is 9.88 Å². The smallest absolute Gasteiger partial charge is 0.237 e. The van der Waals surface area contributed by atoms with Crippen LogP contribution < -0.4 is 10.6 Å². The first-order valence-corrected chi connectivity index (χ1v) is 11.1. The number of hydrogen-bond acceptors (Lipinski definition) is 3. The van der Waals surface area contributed by atoms with Crippen LogP contribution in [0.1, 0.15) is 56.3 Å². The van der Waals surface area contributed by atoms with Crippen molar-refractivity contribution >= 4 is 16.8 Å². The molecule has 2 unspecified atom stereocenters. The van der Waals surface area contributed by atoms with E-state index in [0.29, 0.717) is 12.3 Å². The quantitative estimate of drug-likeness (QED) is 0.620. The molecule has 0 aliphatic carbocycles. The molecule has 30 heavy (non-hydrogen) atoms. The molecule has 2 N–H and O–H groups in total. The van der Waals surface area contributed by atoms with Gasteiger partial charge in [-0.05, 0) is 60.1 Å². The van der Waals surface area contributed by atoms with E-state index in [0.717, 1.165) is 25.9 Å². The fourth-order valence-corrected chi connectivity index (χ4v) is 4.55. The van der Waals surface area contributed by atoms with Crippen molar-refractivity contribution in [1.29, 1.82) is 0 Å². The molecule has 5 nitrogen and oxygen atoms in total. The van der Waals surface area contributed by atoms with Crippen molar-refractivity contribution in [2.24, 2.45) is 5.92 Å². The summed E-state index contributed by atoms with van der Waals surface area (Å²) in [6.45, 7) is 8.10. The van der Waals surface area contributed by atoms with Crippen molar-refractivity contribution in [1.82, 2.24) is 20.2 Å². The summed E-state index contributed by atoms with van der Waals surface area (Å²) < 4.78 is 2.32. The average molecular weight is 405 g/mol. The number of benzene rings is 1. The van der Waals surface area contributed by atoms with Crippen LogP contribution in [-0.2, 0) is 17.8 Å². The lowest BCUT2D eigenvalue weighted by Crippen LogP contribution is -2.46. The van der Waals surface area contributed by atoms with E-state index in [1.807, 2.05) is 12.4 Å². The Morgan fingerprint density at radius 1 is 1.27 bits per heavy atom. The second-order valence-corrected chi connectivity index (χ2v) is 8.78. The van der Waals surface area contributed by atoms with Crippen molar-refractivity contribution in [2.75, 3.05) is 6.54 Å². The van der Waals surface area contributed by atoms with E-state index in [2.05, 4.69) is 77.5 Å². The molecule has 2 aromatic heterocycles. The molecule has 1 aliphatic heterocycles. The highest BCUT2D eigenvalue weighted by Gasteiger charge is 2.30. The molecule has 0 saturated carbocycles. The van der Waals surface area contributed by atoms with E-state index < -0.39 is 0 Å². The highest BCUT2D eigenvalue weighted by molar-refractivity contribution is 5.90. The Kier molecular flexibility index (Phi) is 6.18. The molecule has 5 heteroatoms. The Bertz CT molecular complexity index is 1010. The maximum absolute atomic E-state index is 12.9. The fraction of sp³-hybridized carbons (Fsp3) is 0.440. The number of pyridine rings is 1. The zero-order valence-electron chi connectivity index (χ0n) is 18.2. The van der Waals surface area contributed by atoms with Crippen LogP contribution in [0.25, 0.3) is 10.9 Å². The van der Waals surface area contributed by atoms with Gasteiger partial charge in [0.25, 0.3) is 0 Å². The molecule has 2 atom stereocenters. The van der Waals surface area contributed by atoms with Crippen molar-refractivity contribution in [3.8, 4) is 0 Å². The van der Waals surface area contributed by atoms with Crippen LogP contribution in [0, 0.1) is 5.92 Å². The lowest BCUT2D eigenvalue weighted by atomic mass is 9.94. The van der Waals surface area contributed by atoms with Gasteiger partial charge in [-0.1, -0.05) is 32.9 Å². The van der Waals surface area contributed by atoms with E-state index >= 15 is 0 Å². The van der Waals surface area contributed by atoms with Crippen molar-refractivity contribution in [3.05, 3.63) is 65.6 Å². The third kappa shape index (κ3) is 4.26. The van der Waals surface area contributed by atoms with Gasteiger partial charge in [0.05, 0.1) is 6.04 Å². The number of nitrogens with one attached hydrogen (secondary N) is 2. The first-order valence-electron chi connectivity index (χ1n) is 11.1. The Hall–Kier alpha value is -2.66. The minimum Gasteiger partial charge on any atom is -0.355 e. The van der Waals surface area contributed by atoms with Gasteiger partial charge in [0.2, 0.25) is 5.91 Å². The van der Waals surface area contributed by atoms with Crippen LogP contribution in [0.15, 0.2) is 48.9 Å². The third-order valence-corrected chi connectivity index (χ3v) is 5.89. The maximum atomic E-state index is 12.9. The third-order valence-electron chi connectivity index (χ3n) is 5.89. The Balaban J connectivity index is 1.76. The number of carbonyl (C=O) groups is 1. The topological polar surface area (TPSA) is 59.0 Å². The molecule has 0 bridgehead atoms. The summed E-state index contributed by atoms with van der Waals surface area (Å²) in [4.78, 5) is 17.1. The summed E-state index contributed by atoms with van der Waals surface area (Å²) in [6.07, 6.45) is 8.59. The normalized spacial score (nSPS) is 18.5. The van der Waals surface area contributed by atoms with E-state index in [-0.39, 0.29) is 18.0 Å². The highest BCUT2D eigenvalue weighted by Crippen LogP contribution is 2.36. The number of carbonyl (C=O) groups excluding carboxylic acids is 1. The van der Waals surface area contributed by atoms with E-state index in [9.17, 15) is 4.79 Å². The molecule has 4 rings (SSSR count). The van der Waals surface area contributed by atoms with E-state index in [1.54, 1.807) is 0 Å². The monoisotopic (exact) mass is 404 g/mol. The Morgan fingerprint density at radius 2 is 2.07 bits per heavy atom. The molecule has 0 radical (unpaired) electrons. The Labute approximate surface area is 178 Å². The zero-order chi connectivity index (χ0) is 21.1. The zero-order valence-corrected chi connectivity index (χ0v) is 18.2. The molecule has 0 saturated heterocycles. The predicted molar refractivity (Wildman–Crippen MR) is 121 cm³/mol. The number of rotatable bonds is 7. The van der Waals surface area contributed by atoms with Crippen molar-refractivity contribution in [3.63, 3.8) is 0 Å². The number of aromatic nitrogens is 2. The first kappa shape index (κ1) is 20.6. The lowest BCUT2D eigenvalue weighted by Gasteiger charge is -2.25. The van der Waals surface area contributed by atoms with Gasteiger partial charge in [-0.15, -0.1) is 0 Å². The summed E-state index contributed by atoms with van der Waals surface area (Å²) in [6, 6.07) is 10.7. The second kappa shape index (κ2) is 9.00. The minimum absolute atomic E-state index is 0.105. The van der Waals surface area contributed by atoms with Gasteiger partial charge in [-0.25, -0.2) is 0 Å². The molecule has 1 aliphatic rings. The molecular formula is C25H32N4O. The summed E-state index contributed by atoms with van der Waals surface area (Å²) >= 11 is 0. The molecule has 0 spiro atoms. The highest BCUT2D eigenvalue weighted by atomic mass is 16.2. The van der Waals surface area contributed by atoms with Crippen LogP contribution in [0.4, 0.5) is 0 Å². The van der Waals surface area contributed by atoms with Gasteiger partial charge >= 0.3 is 0 Å². The first-order chi connectivity index (χ1) is 14.6. The average Bonchev–Trinajstić information content (AvgIpc) is 3.00. The fourth-order valence-electron chi connectivity index (χ4n) is 4.55. The molecule has 3 aromatic rings. The number of nitrogens with zero attached hydrogens (tertiary/aromatic N) is 2. The molecule has 158 valence electrons. The molecule has 1 amide bonds. The molecular weight excluding hydrogens is 372 g/mol. The molecule has 3 heterocycles. The summed E-state index contributed by atoms with van der Waals surface area (Å²) in [5, 5.41) is 8.10. The lowest BCUT2D eigenvalue weighted by molar-refractivity contribution is -0.123. The summed E-state index contributed by atoms with van der Waals surface area (Å²) in [5.74, 6) is 0.644.